The Bertz CT molecular complexity index is 340. The number of hydrogen-bond donors (Lipinski definition) is 0. The first-order valence-corrected chi connectivity index (χ1v) is 9.84. The van der Waals surface area contributed by atoms with Crippen molar-refractivity contribution in [2.45, 2.75) is 97.3 Å². The zero-order valence-corrected chi connectivity index (χ0v) is 15.3. The highest BCUT2D eigenvalue weighted by atomic mass is 14.2. The Balaban J connectivity index is 2.19. The normalized spacial score (nSPS) is 14.0. The molecule has 126 valence electrons. The maximum atomic E-state index is 2.42. The van der Waals surface area contributed by atoms with Gasteiger partial charge in [-0.1, -0.05) is 115 Å². The number of benzene rings is 1. The molecule has 1 aromatic carbocycles. The summed E-state index contributed by atoms with van der Waals surface area (Å²) in [6, 6.07) is 11.2. The molecule has 0 aromatic heterocycles. The molecule has 0 N–H and O–H groups in total. The van der Waals surface area contributed by atoms with E-state index in [-0.39, 0.29) is 0 Å². The van der Waals surface area contributed by atoms with Crippen LogP contribution in [0.5, 0.6) is 0 Å². The molecule has 1 rings (SSSR count). The molecule has 0 radical (unpaired) electrons. The summed E-state index contributed by atoms with van der Waals surface area (Å²) in [5.74, 6) is 1.56. The van der Waals surface area contributed by atoms with Crippen molar-refractivity contribution in [1.82, 2.24) is 0 Å². The number of unbranched alkanes of at least 4 members (excludes halogenated alkanes) is 8. The Morgan fingerprint density at radius 1 is 0.727 bits per heavy atom. The molecule has 0 aliphatic carbocycles. The largest absolute Gasteiger partial charge is 0.0654 e. The Morgan fingerprint density at radius 3 is 1.82 bits per heavy atom. The molecule has 2 unspecified atom stereocenters. The lowest BCUT2D eigenvalue weighted by Crippen LogP contribution is -2.09. The summed E-state index contributed by atoms with van der Waals surface area (Å²) < 4.78 is 0. The third kappa shape index (κ3) is 8.01. The lowest BCUT2D eigenvalue weighted by atomic mass is 9.82. The van der Waals surface area contributed by atoms with E-state index >= 15 is 0 Å². The van der Waals surface area contributed by atoms with Crippen LogP contribution in [0.1, 0.15) is 103 Å². The number of rotatable bonds is 13. The van der Waals surface area contributed by atoms with Gasteiger partial charge in [-0.3, -0.25) is 0 Å². The van der Waals surface area contributed by atoms with Gasteiger partial charge in [-0.25, -0.2) is 0 Å². The van der Waals surface area contributed by atoms with Crippen molar-refractivity contribution < 1.29 is 0 Å². The summed E-state index contributed by atoms with van der Waals surface area (Å²) in [6.07, 6.45) is 15.5. The predicted octanol–water partition coefficient (Wildman–Crippen LogP) is 7.74. The molecule has 0 spiro atoms. The summed E-state index contributed by atoms with van der Waals surface area (Å²) in [5, 5.41) is 0. The van der Waals surface area contributed by atoms with Crippen LogP contribution in [0.15, 0.2) is 30.3 Å². The second kappa shape index (κ2) is 12.7. The van der Waals surface area contributed by atoms with Crippen molar-refractivity contribution in [2.75, 3.05) is 0 Å². The summed E-state index contributed by atoms with van der Waals surface area (Å²) >= 11 is 0. The molecule has 22 heavy (non-hydrogen) atoms. The highest BCUT2D eigenvalue weighted by Gasteiger charge is 2.17. The topological polar surface area (TPSA) is 0 Å². The summed E-state index contributed by atoms with van der Waals surface area (Å²) in [7, 11) is 0. The van der Waals surface area contributed by atoms with Crippen molar-refractivity contribution in [1.29, 1.82) is 0 Å². The molecule has 0 heteroatoms. The average molecular weight is 303 g/mol. The van der Waals surface area contributed by atoms with Crippen molar-refractivity contribution in [3.63, 3.8) is 0 Å². The van der Waals surface area contributed by atoms with Gasteiger partial charge in [0.1, 0.15) is 0 Å². The minimum Gasteiger partial charge on any atom is -0.0654 e. The quantitative estimate of drug-likeness (QED) is 0.327. The Morgan fingerprint density at radius 2 is 1.27 bits per heavy atom. The van der Waals surface area contributed by atoms with E-state index < -0.39 is 0 Å². The smallest absolute Gasteiger partial charge is 0.0136 e. The second-order valence-electron chi connectivity index (χ2n) is 7.02. The van der Waals surface area contributed by atoms with E-state index in [0.29, 0.717) is 0 Å². The van der Waals surface area contributed by atoms with Gasteiger partial charge in [0.15, 0.2) is 0 Å². The van der Waals surface area contributed by atoms with E-state index in [2.05, 4.69) is 51.1 Å². The van der Waals surface area contributed by atoms with Crippen LogP contribution in [0.4, 0.5) is 0 Å². The third-order valence-electron chi connectivity index (χ3n) is 5.18. The SMILES string of the molecule is CCCCCCCCCCCC(c1ccccc1)C(C)CC. The standard InChI is InChI=1S/C22H38/c1-4-6-7-8-9-10-11-12-16-19-22(20(3)5-2)21-17-14-13-15-18-21/h13-15,17-18,20,22H,4-12,16,19H2,1-3H3. The van der Waals surface area contributed by atoms with E-state index in [1.54, 1.807) is 5.56 Å². The molecular formula is C22H38. The fraction of sp³-hybridized carbons (Fsp3) is 0.727. The molecule has 0 aliphatic heterocycles. The van der Waals surface area contributed by atoms with Gasteiger partial charge in [0.25, 0.3) is 0 Å². The van der Waals surface area contributed by atoms with E-state index in [1.807, 2.05) is 0 Å². The fourth-order valence-corrected chi connectivity index (χ4v) is 3.44. The molecule has 0 saturated carbocycles. The van der Waals surface area contributed by atoms with Crippen LogP contribution in [-0.4, -0.2) is 0 Å². The maximum Gasteiger partial charge on any atom is -0.0136 e. The average Bonchev–Trinajstić information content (AvgIpc) is 2.57. The molecule has 0 heterocycles. The molecular weight excluding hydrogens is 264 g/mol. The first-order valence-electron chi connectivity index (χ1n) is 9.84. The zero-order valence-electron chi connectivity index (χ0n) is 15.3. The van der Waals surface area contributed by atoms with Gasteiger partial charge in [-0.05, 0) is 23.8 Å². The first kappa shape index (κ1) is 19.3. The van der Waals surface area contributed by atoms with E-state index in [4.69, 9.17) is 0 Å². The Kier molecular flexibility index (Phi) is 11.2. The predicted molar refractivity (Wildman–Crippen MR) is 100 cm³/mol. The second-order valence-corrected chi connectivity index (χ2v) is 7.02. The fourth-order valence-electron chi connectivity index (χ4n) is 3.44. The van der Waals surface area contributed by atoms with Crippen LogP contribution in [-0.2, 0) is 0 Å². The van der Waals surface area contributed by atoms with Crippen molar-refractivity contribution in [3.8, 4) is 0 Å². The van der Waals surface area contributed by atoms with Crippen molar-refractivity contribution in [2.24, 2.45) is 5.92 Å². The summed E-state index contributed by atoms with van der Waals surface area (Å²) in [5.41, 5.74) is 1.55. The zero-order chi connectivity index (χ0) is 16.0. The van der Waals surface area contributed by atoms with Crippen LogP contribution < -0.4 is 0 Å². The summed E-state index contributed by atoms with van der Waals surface area (Å²) in [4.78, 5) is 0. The van der Waals surface area contributed by atoms with Crippen LogP contribution in [0, 0.1) is 5.92 Å². The number of hydrogen-bond acceptors (Lipinski definition) is 0. The minimum absolute atomic E-state index is 0.760. The van der Waals surface area contributed by atoms with Crippen LogP contribution >= 0.6 is 0 Å². The molecule has 0 nitrogen and oxygen atoms in total. The monoisotopic (exact) mass is 302 g/mol. The van der Waals surface area contributed by atoms with Gasteiger partial charge in [0.05, 0.1) is 0 Å². The maximum absolute atomic E-state index is 2.42. The molecule has 2 atom stereocenters. The summed E-state index contributed by atoms with van der Waals surface area (Å²) in [6.45, 7) is 7.04. The van der Waals surface area contributed by atoms with Crippen LogP contribution in [0.25, 0.3) is 0 Å². The molecule has 0 bridgehead atoms. The van der Waals surface area contributed by atoms with Gasteiger partial charge >= 0.3 is 0 Å². The van der Waals surface area contributed by atoms with Gasteiger partial charge in [0, 0.05) is 0 Å². The first-order chi connectivity index (χ1) is 10.8. The van der Waals surface area contributed by atoms with Crippen molar-refractivity contribution >= 4 is 0 Å². The highest BCUT2D eigenvalue weighted by molar-refractivity contribution is 5.20. The third-order valence-corrected chi connectivity index (χ3v) is 5.18. The van der Waals surface area contributed by atoms with E-state index in [9.17, 15) is 0 Å². The van der Waals surface area contributed by atoms with Gasteiger partial charge in [-0.2, -0.15) is 0 Å². The van der Waals surface area contributed by atoms with E-state index in [0.717, 1.165) is 11.8 Å². The van der Waals surface area contributed by atoms with Crippen molar-refractivity contribution in [3.05, 3.63) is 35.9 Å². The molecule has 0 fully saturated rings. The minimum atomic E-state index is 0.760. The molecule has 0 aliphatic rings. The Labute approximate surface area is 139 Å². The lowest BCUT2D eigenvalue weighted by Gasteiger charge is -2.23. The van der Waals surface area contributed by atoms with E-state index in [1.165, 1.54) is 70.6 Å². The van der Waals surface area contributed by atoms with Crippen LogP contribution in [0.3, 0.4) is 0 Å². The lowest BCUT2D eigenvalue weighted by molar-refractivity contribution is 0.404. The molecule has 0 amide bonds. The highest BCUT2D eigenvalue weighted by Crippen LogP contribution is 2.32. The molecule has 0 saturated heterocycles. The molecule has 1 aromatic rings. The Hall–Kier alpha value is -0.780. The van der Waals surface area contributed by atoms with Gasteiger partial charge in [0.2, 0.25) is 0 Å². The van der Waals surface area contributed by atoms with Gasteiger partial charge in [-0.15, -0.1) is 0 Å². The van der Waals surface area contributed by atoms with Crippen LogP contribution in [0.2, 0.25) is 0 Å². The van der Waals surface area contributed by atoms with Gasteiger partial charge < -0.3 is 0 Å².